The third-order valence-electron chi connectivity index (χ3n) is 5.65. The second-order valence-corrected chi connectivity index (χ2v) is 9.83. The van der Waals surface area contributed by atoms with E-state index in [1.54, 1.807) is 36.9 Å². The molecule has 1 fully saturated rings. The fourth-order valence-electron chi connectivity index (χ4n) is 3.77. The molecule has 0 aliphatic carbocycles. The summed E-state index contributed by atoms with van der Waals surface area (Å²) in [5.41, 5.74) is 2.66. The highest BCUT2D eigenvalue weighted by molar-refractivity contribution is 7.89. The molecule has 0 unspecified atom stereocenters. The molecule has 2 aromatic rings. The number of fused-ring (bicyclic) bond motifs is 1. The van der Waals surface area contributed by atoms with E-state index in [1.165, 1.54) is 10.4 Å². The Morgan fingerprint density at radius 2 is 1.71 bits per heavy atom. The minimum atomic E-state index is -3.77. The lowest BCUT2D eigenvalue weighted by molar-refractivity contribution is -0.122. The van der Waals surface area contributed by atoms with Crippen LogP contribution in [0.1, 0.15) is 28.4 Å². The van der Waals surface area contributed by atoms with Gasteiger partial charge in [-0.25, -0.2) is 8.42 Å². The molecular weight excluding hydrogens is 418 g/mol. The highest BCUT2D eigenvalue weighted by Gasteiger charge is 2.33. The molecule has 31 heavy (non-hydrogen) atoms. The first-order valence-electron chi connectivity index (χ1n) is 10.1. The third kappa shape index (κ3) is 4.03. The molecule has 2 heterocycles. The van der Waals surface area contributed by atoms with Crippen molar-refractivity contribution in [1.82, 2.24) is 9.21 Å². The van der Waals surface area contributed by atoms with Gasteiger partial charge in [0.15, 0.2) is 6.10 Å². The Kier molecular flexibility index (Phi) is 5.49. The molecule has 1 N–H and O–H groups in total. The lowest BCUT2D eigenvalue weighted by Crippen LogP contribution is -2.50. The number of anilines is 1. The van der Waals surface area contributed by atoms with E-state index in [0.717, 1.165) is 5.56 Å². The van der Waals surface area contributed by atoms with Crippen molar-refractivity contribution in [2.45, 2.75) is 31.8 Å². The van der Waals surface area contributed by atoms with Gasteiger partial charge in [0.05, 0.1) is 10.6 Å². The first-order valence-corrected chi connectivity index (χ1v) is 11.6. The van der Waals surface area contributed by atoms with Crippen molar-refractivity contribution in [3.8, 4) is 5.75 Å². The average molecular weight is 444 g/mol. The SMILES string of the molecule is Cc1ccc(C(=O)N2CCN(S(=O)(=O)c3cc4c(cc3C)NC(=O)[C@H](C)O4)CC2)cc1. The van der Waals surface area contributed by atoms with Gasteiger partial charge in [0.2, 0.25) is 10.0 Å². The molecule has 8 nitrogen and oxygen atoms in total. The van der Waals surface area contributed by atoms with Gasteiger partial charge in [-0.3, -0.25) is 9.59 Å². The van der Waals surface area contributed by atoms with E-state index in [1.807, 2.05) is 19.1 Å². The van der Waals surface area contributed by atoms with E-state index in [2.05, 4.69) is 5.32 Å². The Bertz CT molecular complexity index is 1140. The van der Waals surface area contributed by atoms with E-state index in [0.29, 0.717) is 35.7 Å². The molecule has 9 heteroatoms. The Labute approximate surface area is 181 Å². The molecular formula is C22H25N3O5S. The summed E-state index contributed by atoms with van der Waals surface area (Å²) in [6.45, 7) is 6.32. The number of rotatable bonds is 3. The number of ether oxygens (including phenoxy) is 1. The predicted octanol–water partition coefficient (Wildman–Crippen LogP) is 2.17. The monoisotopic (exact) mass is 443 g/mol. The Morgan fingerprint density at radius 3 is 2.35 bits per heavy atom. The summed E-state index contributed by atoms with van der Waals surface area (Å²) >= 11 is 0. The molecule has 1 saturated heterocycles. The minimum absolute atomic E-state index is 0.0971. The molecule has 164 valence electrons. The van der Waals surface area contributed by atoms with Crippen LogP contribution in [0.15, 0.2) is 41.3 Å². The van der Waals surface area contributed by atoms with Gasteiger partial charge >= 0.3 is 0 Å². The van der Waals surface area contributed by atoms with Crippen molar-refractivity contribution in [2.75, 3.05) is 31.5 Å². The summed E-state index contributed by atoms with van der Waals surface area (Å²) in [6, 6.07) is 10.4. The van der Waals surface area contributed by atoms with Crippen molar-refractivity contribution in [2.24, 2.45) is 0 Å². The number of hydrogen-bond donors (Lipinski definition) is 1. The fourth-order valence-corrected chi connectivity index (χ4v) is 5.41. The van der Waals surface area contributed by atoms with Crippen LogP contribution in [0.4, 0.5) is 5.69 Å². The van der Waals surface area contributed by atoms with E-state index < -0.39 is 16.1 Å². The zero-order valence-corrected chi connectivity index (χ0v) is 18.5. The zero-order chi connectivity index (χ0) is 22.3. The molecule has 0 saturated carbocycles. The number of piperazine rings is 1. The predicted molar refractivity (Wildman–Crippen MR) is 116 cm³/mol. The minimum Gasteiger partial charge on any atom is -0.479 e. The van der Waals surface area contributed by atoms with Crippen molar-refractivity contribution in [3.63, 3.8) is 0 Å². The Balaban J connectivity index is 1.51. The fraction of sp³-hybridized carbons (Fsp3) is 0.364. The van der Waals surface area contributed by atoms with Gasteiger partial charge in [0.25, 0.3) is 11.8 Å². The number of sulfonamides is 1. The largest absolute Gasteiger partial charge is 0.479 e. The normalized spacial score (nSPS) is 19.4. The van der Waals surface area contributed by atoms with E-state index in [-0.39, 0.29) is 29.8 Å². The first-order chi connectivity index (χ1) is 14.7. The summed E-state index contributed by atoms with van der Waals surface area (Å²) in [5.74, 6) is -0.0264. The Morgan fingerprint density at radius 1 is 1.06 bits per heavy atom. The van der Waals surface area contributed by atoms with Crippen molar-refractivity contribution >= 4 is 27.5 Å². The van der Waals surface area contributed by atoms with Crippen LogP contribution >= 0.6 is 0 Å². The van der Waals surface area contributed by atoms with Crippen molar-refractivity contribution < 1.29 is 22.7 Å². The van der Waals surface area contributed by atoms with Crippen LogP contribution < -0.4 is 10.1 Å². The zero-order valence-electron chi connectivity index (χ0n) is 17.7. The van der Waals surface area contributed by atoms with E-state index in [9.17, 15) is 18.0 Å². The maximum atomic E-state index is 13.3. The van der Waals surface area contributed by atoms with Crippen LogP contribution in [-0.2, 0) is 14.8 Å². The van der Waals surface area contributed by atoms with Crippen LogP contribution in [0, 0.1) is 13.8 Å². The summed E-state index contributed by atoms with van der Waals surface area (Å²) in [5, 5.41) is 2.73. The third-order valence-corrected chi connectivity index (χ3v) is 7.69. The van der Waals surface area contributed by atoms with Crippen LogP contribution in [0.2, 0.25) is 0 Å². The number of nitrogens with one attached hydrogen (secondary N) is 1. The molecule has 0 bridgehead atoms. The summed E-state index contributed by atoms with van der Waals surface area (Å²) < 4.78 is 33.6. The molecule has 2 amide bonds. The van der Waals surface area contributed by atoms with Gasteiger partial charge < -0.3 is 15.0 Å². The number of aryl methyl sites for hydroxylation is 2. The van der Waals surface area contributed by atoms with E-state index in [4.69, 9.17) is 4.74 Å². The molecule has 0 spiro atoms. The quantitative estimate of drug-likeness (QED) is 0.784. The molecule has 0 aromatic heterocycles. The van der Waals surface area contributed by atoms with Gasteiger partial charge in [-0.15, -0.1) is 0 Å². The maximum absolute atomic E-state index is 13.3. The number of hydrogen-bond acceptors (Lipinski definition) is 5. The van der Waals surface area contributed by atoms with Crippen LogP contribution in [0.25, 0.3) is 0 Å². The molecule has 2 aliphatic rings. The van der Waals surface area contributed by atoms with Crippen LogP contribution in [-0.4, -0.2) is 61.7 Å². The number of amides is 2. The molecule has 2 aliphatic heterocycles. The molecule has 2 aromatic carbocycles. The smallest absolute Gasteiger partial charge is 0.265 e. The van der Waals surface area contributed by atoms with Crippen molar-refractivity contribution in [1.29, 1.82) is 0 Å². The standard InChI is InChI=1S/C22H25N3O5S/c1-14-4-6-17(7-5-14)22(27)24-8-10-25(11-9-24)31(28,29)20-13-19-18(12-15(20)2)23-21(26)16(3)30-19/h4-7,12-13,16H,8-11H2,1-3H3,(H,23,26)/t16-/m0/s1. The molecule has 4 rings (SSSR count). The average Bonchev–Trinajstić information content (AvgIpc) is 2.74. The number of nitrogens with zero attached hydrogens (tertiary/aromatic N) is 2. The lowest BCUT2D eigenvalue weighted by Gasteiger charge is -2.34. The van der Waals surface area contributed by atoms with Gasteiger partial charge in [-0.05, 0) is 44.5 Å². The van der Waals surface area contributed by atoms with Gasteiger partial charge in [0.1, 0.15) is 5.75 Å². The van der Waals surface area contributed by atoms with Crippen molar-refractivity contribution in [3.05, 3.63) is 53.1 Å². The first kappa shape index (κ1) is 21.3. The summed E-state index contributed by atoms with van der Waals surface area (Å²) in [6.07, 6.45) is -0.693. The second-order valence-electron chi connectivity index (χ2n) is 7.93. The highest BCUT2D eigenvalue weighted by atomic mass is 32.2. The van der Waals surface area contributed by atoms with E-state index >= 15 is 0 Å². The van der Waals surface area contributed by atoms with Gasteiger partial charge in [0, 0.05) is 37.8 Å². The summed E-state index contributed by atoms with van der Waals surface area (Å²) in [4.78, 5) is 26.3. The van der Waals surface area contributed by atoms with Crippen LogP contribution in [0.5, 0.6) is 5.75 Å². The topological polar surface area (TPSA) is 96.0 Å². The maximum Gasteiger partial charge on any atom is 0.265 e. The number of carbonyl (C=O) groups is 2. The highest BCUT2D eigenvalue weighted by Crippen LogP contribution is 2.35. The Hall–Kier alpha value is -2.91. The lowest BCUT2D eigenvalue weighted by atomic mass is 10.1. The number of carbonyl (C=O) groups excluding carboxylic acids is 2. The molecule has 0 radical (unpaired) electrons. The van der Waals surface area contributed by atoms with Gasteiger partial charge in [-0.1, -0.05) is 17.7 Å². The summed E-state index contributed by atoms with van der Waals surface area (Å²) in [7, 11) is -3.77. The number of benzene rings is 2. The van der Waals surface area contributed by atoms with Gasteiger partial charge in [-0.2, -0.15) is 4.31 Å². The molecule has 1 atom stereocenters. The second kappa shape index (κ2) is 7.97. The van der Waals surface area contributed by atoms with Crippen LogP contribution in [0.3, 0.4) is 0 Å².